The van der Waals surface area contributed by atoms with E-state index in [1.807, 2.05) is 37.5 Å². The molecule has 0 aromatic carbocycles. The molecular weight excluding hydrogens is 364 g/mol. The van der Waals surface area contributed by atoms with Crippen molar-refractivity contribution in [2.24, 2.45) is 5.92 Å². The number of rotatable bonds is 3. The van der Waals surface area contributed by atoms with Crippen LogP contribution < -0.4 is 4.90 Å². The first-order valence-corrected chi connectivity index (χ1v) is 9.90. The fraction of sp³-hybridized carbons (Fsp3) is 0.333. The monoisotopic (exact) mass is 386 g/mol. The van der Waals surface area contributed by atoms with Gasteiger partial charge in [0, 0.05) is 49.0 Å². The average Bonchev–Trinajstić information content (AvgIpc) is 3.21. The molecule has 0 radical (unpaired) electrons. The lowest BCUT2D eigenvalue weighted by atomic mass is 10.00. The lowest BCUT2D eigenvalue weighted by Gasteiger charge is -2.30. The number of hydrogen-bond acceptors (Lipinski definition) is 7. The van der Waals surface area contributed by atoms with Crippen LogP contribution >= 0.6 is 0 Å². The number of fused-ring (bicyclic) bond motifs is 1. The molecule has 0 saturated carbocycles. The SMILES string of the molecule is Cc1c(-c2ccnc(N3CCC(C)CC3)n2)cnc2nc(-c3cccnc3)nn12. The molecule has 1 fully saturated rings. The number of anilines is 1. The Balaban J connectivity index is 1.52. The normalized spacial score (nSPS) is 15.2. The predicted molar refractivity (Wildman–Crippen MR) is 110 cm³/mol. The zero-order valence-corrected chi connectivity index (χ0v) is 16.5. The predicted octanol–water partition coefficient (Wildman–Crippen LogP) is 3.19. The van der Waals surface area contributed by atoms with Gasteiger partial charge in [0.15, 0.2) is 5.82 Å². The second kappa shape index (κ2) is 7.20. The minimum absolute atomic E-state index is 0.560. The van der Waals surface area contributed by atoms with E-state index in [4.69, 9.17) is 4.98 Å². The summed E-state index contributed by atoms with van der Waals surface area (Å²) in [5.41, 5.74) is 3.57. The van der Waals surface area contributed by atoms with Crippen molar-refractivity contribution in [3.05, 3.63) is 48.7 Å². The second-order valence-electron chi connectivity index (χ2n) is 7.56. The van der Waals surface area contributed by atoms with E-state index in [2.05, 4.69) is 36.9 Å². The number of hydrogen-bond donors (Lipinski definition) is 0. The Hall–Kier alpha value is -3.42. The number of piperidine rings is 1. The molecule has 29 heavy (non-hydrogen) atoms. The van der Waals surface area contributed by atoms with E-state index in [1.54, 1.807) is 16.9 Å². The van der Waals surface area contributed by atoms with Crippen molar-refractivity contribution in [2.45, 2.75) is 26.7 Å². The molecule has 0 N–H and O–H groups in total. The Morgan fingerprint density at radius 1 is 1.00 bits per heavy atom. The van der Waals surface area contributed by atoms with Crippen molar-refractivity contribution in [3.63, 3.8) is 0 Å². The van der Waals surface area contributed by atoms with Crippen molar-refractivity contribution in [1.82, 2.24) is 34.5 Å². The first-order chi connectivity index (χ1) is 14.2. The maximum Gasteiger partial charge on any atom is 0.252 e. The van der Waals surface area contributed by atoms with Crippen molar-refractivity contribution < 1.29 is 0 Å². The van der Waals surface area contributed by atoms with Crippen LogP contribution in [0.25, 0.3) is 28.4 Å². The highest BCUT2D eigenvalue weighted by atomic mass is 15.3. The minimum Gasteiger partial charge on any atom is -0.341 e. The summed E-state index contributed by atoms with van der Waals surface area (Å²) in [4.78, 5) is 24.8. The zero-order valence-electron chi connectivity index (χ0n) is 16.5. The van der Waals surface area contributed by atoms with Gasteiger partial charge in [-0.05, 0) is 43.9 Å². The van der Waals surface area contributed by atoms with Gasteiger partial charge in [-0.3, -0.25) is 4.98 Å². The van der Waals surface area contributed by atoms with Crippen LogP contribution in [0.2, 0.25) is 0 Å². The molecule has 0 atom stereocenters. The van der Waals surface area contributed by atoms with E-state index in [1.165, 1.54) is 12.8 Å². The molecule has 0 amide bonds. The number of nitrogens with zero attached hydrogens (tertiary/aromatic N) is 8. The fourth-order valence-corrected chi connectivity index (χ4v) is 3.67. The van der Waals surface area contributed by atoms with Gasteiger partial charge in [-0.15, -0.1) is 5.10 Å². The van der Waals surface area contributed by atoms with Crippen LogP contribution in [0.5, 0.6) is 0 Å². The maximum absolute atomic E-state index is 4.83. The molecular formula is C21H22N8. The summed E-state index contributed by atoms with van der Waals surface area (Å²) in [7, 11) is 0. The summed E-state index contributed by atoms with van der Waals surface area (Å²) in [6.45, 7) is 6.31. The molecule has 0 aliphatic carbocycles. The van der Waals surface area contributed by atoms with E-state index in [9.17, 15) is 0 Å². The topological polar surface area (TPSA) is 85.0 Å². The van der Waals surface area contributed by atoms with Crippen LogP contribution in [-0.2, 0) is 0 Å². The van der Waals surface area contributed by atoms with E-state index >= 15 is 0 Å². The maximum atomic E-state index is 4.83. The quantitative estimate of drug-likeness (QED) is 0.534. The fourth-order valence-electron chi connectivity index (χ4n) is 3.67. The van der Waals surface area contributed by atoms with Crippen LogP contribution in [-0.4, -0.2) is 47.6 Å². The molecule has 1 aliphatic rings. The summed E-state index contributed by atoms with van der Waals surface area (Å²) in [6, 6.07) is 5.73. The standard InChI is InChI=1S/C21H22N8/c1-14-6-10-28(11-7-14)20-23-9-5-18(25-20)17-13-24-21-26-19(27-29(21)15(17)2)16-4-3-8-22-12-16/h3-5,8-9,12-14H,6-7,10-11H2,1-2H3. The Bertz CT molecular complexity index is 1150. The number of aromatic nitrogens is 7. The van der Waals surface area contributed by atoms with Crippen LogP contribution in [0, 0.1) is 12.8 Å². The molecule has 8 heteroatoms. The third-order valence-electron chi connectivity index (χ3n) is 5.51. The summed E-state index contributed by atoms with van der Waals surface area (Å²) in [6.07, 6.45) is 9.47. The number of aryl methyl sites for hydroxylation is 1. The molecule has 4 aromatic heterocycles. The zero-order chi connectivity index (χ0) is 19.8. The Kier molecular flexibility index (Phi) is 4.38. The molecule has 0 bridgehead atoms. The minimum atomic E-state index is 0.560. The Morgan fingerprint density at radius 2 is 1.86 bits per heavy atom. The Labute approximate surface area is 168 Å². The van der Waals surface area contributed by atoms with Crippen LogP contribution in [0.1, 0.15) is 25.5 Å². The van der Waals surface area contributed by atoms with Gasteiger partial charge in [0.2, 0.25) is 5.95 Å². The second-order valence-corrected chi connectivity index (χ2v) is 7.56. The smallest absolute Gasteiger partial charge is 0.252 e. The molecule has 0 unspecified atom stereocenters. The molecule has 5 rings (SSSR count). The first-order valence-electron chi connectivity index (χ1n) is 9.90. The average molecular weight is 386 g/mol. The molecule has 1 aliphatic heterocycles. The van der Waals surface area contributed by atoms with Crippen LogP contribution in [0.15, 0.2) is 43.0 Å². The highest BCUT2D eigenvalue weighted by Crippen LogP contribution is 2.25. The summed E-state index contributed by atoms with van der Waals surface area (Å²) >= 11 is 0. The Morgan fingerprint density at radius 3 is 2.66 bits per heavy atom. The summed E-state index contributed by atoms with van der Waals surface area (Å²) < 4.78 is 1.77. The summed E-state index contributed by atoms with van der Waals surface area (Å²) in [5.74, 6) is 2.72. The molecule has 8 nitrogen and oxygen atoms in total. The van der Waals surface area contributed by atoms with Crippen LogP contribution in [0.3, 0.4) is 0 Å². The van der Waals surface area contributed by atoms with Gasteiger partial charge in [0.05, 0.1) is 11.4 Å². The molecule has 146 valence electrons. The van der Waals surface area contributed by atoms with Gasteiger partial charge < -0.3 is 4.90 Å². The largest absolute Gasteiger partial charge is 0.341 e. The van der Waals surface area contributed by atoms with Gasteiger partial charge in [-0.1, -0.05) is 6.92 Å². The van der Waals surface area contributed by atoms with E-state index in [0.717, 1.165) is 47.5 Å². The van der Waals surface area contributed by atoms with Gasteiger partial charge >= 0.3 is 0 Å². The lowest BCUT2D eigenvalue weighted by Crippen LogP contribution is -2.34. The van der Waals surface area contributed by atoms with E-state index in [-0.39, 0.29) is 0 Å². The van der Waals surface area contributed by atoms with Gasteiger partial charge in [-0.2, -0.15) is 4.98 Å². The first kappa shape index (κ1) is 17.7. The lowest BCUT2D eigenvalue weighted by molar-refractivity contribution is 0.434. The summed E-state index contributed by atoms with van der Waals surface area (Å²) in [5, 5.41) is 4.64. The van der Waals surface area contributed by atoms with Crippen LogP contribution in [0.4, 0.5) is 5.95 Å². The van der Waals surface area contributed by atoms with Crippen molar-refractivity contribution >= 4 is 11.7 Å². The molecule has 4 aromatic rings. The van der Waals surface area contributed by atoms with Gasteiger partial charge in [0.25, 0.3) is 5.78 Å². The van der Waals surface area contributed by atoms with Crippen molar-refractivity contribution in [2.75, 3.05) is 18.0 Å². The van der Waals surface area contributed by atoms with Gasteiger partial charge in [0.1, 0.15) is 0 Å². The molecule has 0 spiro atoms. The van der Waals surface area contributed by atoms with E-state index in [0.29, 0.717) is 11.6 Å². The van der Waals surface area contributed by atoms with Crippen molar-refractivity contribution in [1.29, 1.82) is 0 Å². The highest BCUT2D eigenvalue weighted by Gasteiger charge is 2.19. The highest BCUT2D eigenvalue weighted by molar-refractivity contribution is 5.64. The van der Waals surface area contributed by atoms with Crippen molar-refractivity contribution in [3.8, 4) is 22.6 Å². The molecule has 5 heterocycles. The number of pyridine rings is 1. The van der Waals surface area contributed by atoms with Gasteiger partial charge in [-0.25, -0.2) is 19.5 Å². The molecule has 1 saturated heterocycles. The third kappa shape index (κ3) is 3.30. The third-order valence-corrected chi connectivity index (χ3v) is 5.51. The van der Waals surface area contributed by atoms with E-state index < -0.39 is 0 Å².